The van der Waals surface area contributed by atoms with Gasteiger partial charge in [0.25, 0.3) is 5.56 Å². The predicted molar refractivity (Wildman–Crippen MR) is 106 cm³/mol. The van der Waals surface area contributed by atoms with Crippen LogP contribution in [0.3, 0.4) is 0 Å². The van der Waals surface area contributed by atoms with Gasteiger partial charge in [0.05, 0.1) is 11.4 Å². The number of nitrogens with zero attached hydrogens (tertiary/aromatic N) is 3. The van der Waals surface area contributed by atoms with E-state index in [1.165, 1.54) is 27.5 Å². The van der Waals surface area contributed by atoms with Gasteiger partial charge in [0.15, 0.2) is 4.96 Å². The van der Waals surface area contributed by atoms with Crippen LogP contribution >= 0.6 is 35.5 Å². The number of carbonyl (C=O) groups is 1. The van der Waals surface area contributed by atoms with E-state index in [4.69, 9.17) is 5.73 Å². The molecule has 0 aromatic carbocycles. The number of thioether (sulfide) groups is 1. The molecule has 9 heteroatoms. The lowest BCUT2D eigenvalue weighted by molar-refractivity contribution is -0.132. The maximum Gasteiger partial charge on any atom is 0.258 e. The summed E-state index contributed by atoms with van der Waals surface area (Å²) in [6.45, 7) is 2.77. The van der Waals surface area contributed by atoms with Crippen LogP contribution in [0.2, 0.25) is 0 Å². The molecule has 1 amide bonds. The molecule has 6 nitrogen and oxygen atoms in total. The first-order valence-electron chi connectivity index (χ1n) is 8.15. The highest BCUT2D eigenvalue weighted by atomic mass is 35.5. The first-order chi connectivity index (χ1) is 11.6. The van der Waals surface area contributed by atoms with Crippen LogP contribution in [0.5, 0.6) is 0 Å². The number of hydrogen-bond acceptors (Lipinski definition) is 6. The van der Waals surface area contributed by atoms with Gasteiger partial charge in [-0.2, -0.15) is 0 Å². The van der Waals surface area contributed by atoms with Crippen LogP contribution in [0.1, 0.15) is 31.9 Å². The van der Waals surface area contributed by atoms with Gasteiger partial charge in [0.1, 0.15) is 0 Å². The number of amides is 1. The standard InChI is InChI=1S/C16H22N4O2S2.ClH/c1-11(17)13-4-2-3-5-19(13)15(22)10-23-9-12-8-14(21)20-6-7-24-16(20)18-12;/h6-8,11,13H,2-5,9-10,17H2,1H3;1H. The zero-order valence-electron chi connectivity index (χ0n) is 14.1. The van der Waals surface area contributed by atoms with Crippen LogP contribution in [-0.4, -0.2) is 44.6 Å². The molecule has 1 aliphatic rings. The molecular weight excluding hydrogens is 380 g/mol. The van der Waals surface area contributed by atoms with Crippen molar-refractivity contribution in [3.05, 3.63) is 33.7 Å². The van der Waals surface area contributed by atoms with Crippen LogP contribution < -0.4 is 11.3 Å². The van der Waals surface area contributed by atoms with Gasteiger partial charge in [-0.25, -0.2) is 4.98 Å². The van der Waals surface area contributed by atoms with E-state index in [-0.39, 0.29) is 36.0 Å². The molecule has 2 unspecified atom stereocenters. The molecule has 0 bridgehead atoms. The van der Waals surface area contributed by atoms with Crippen LogP contribution in [0.4, 0.5) is 0 Å². The molecule has 138 valence electrons. The smallest absolute Gasteiger partial charge is 0.258 e. The quantitative estimate of drug-likeness (QED) is 0.828. The molecule has 0 radical (unpaired) electrons. The lowest BCUT2D eigenvalue weighted by atomic mass is 9.97. The van der Waals surface area contributed by atoms with Gasteiger partial charge in [0, 0.05) is 42.0 Å². The number of hydrogen-bond donors (Lipinski definition) is 1. The Balaban J connectivity index is 0.00000225. The Kier molecular flexibility index (Phi) is 7.30. The second kappa shape index (κ2) is 9.02. The Labute approximate surface area is 161 Å². The number of halogens is 1. The Morgan fingerprint density at radius 3 is 3.08 bits per heavy atom. The molecular formula is C16H23ClN4O2S2. The monoisotopic (exact) mass is 402 g/mol. The van der Waals surface area contributed by atoms with Crippen LogP contribution in [0.25, 0.3) is 4.96 Å². The second-order valence-corrected chi connectivity index (χ2v) is 8.00. The normalized spacial score (nSPS) is 18.8. The predicted octanol–water partition coefficient (Wildman–Crippen LogP) is 2.14. The molecule has 0 saturated carbocycles. The third-order valence-corrected chi connectivity index (χ3v) is 6.02. The molecule has 3 rings (SSSR count). The minimum Gasteiger partial charge on any atom is -0.337 e. The minimum absolute atomic E-state index is 0. The largest absolute Gasteiger partial charge is 0.337 e. The highest BCUT2D eigenvalue weighted by molar-refractivity contribution is 7.99. The van der Waals surface area contributed by atoms with Crippen molar-refractivity contribution in [1.82, 2.24) is 14.3 Å². The van der Waals surface area contributed by atoms with Gasteiger partial charge in [-0.15, -0.1) is 35.5 Å². The third-order valence-electron chi connectivity index (χ3n) is 4.31. The summed E-state index contributed by atoms with van der Waals surface area (Å²) in [6.07, 6.45) is 4.90. The highest BCUT2D eigenvalue weighted by Gasteiger charge is 2.28. The van der Waals surface area contributed by atoms with Crippen molar-refractivity contribution < 1.29 is 4.79 Å². The summed E-state index contributed by atoms with van der Waals surface area (Å²) in [6, 6.07) is 1.70. The van der Waals surface area contributed by atoms with E-state index >= 15 is 0 Å². The van der Waals surface area contributed by atoms with Crippen molar-refractivity contribution in [3.63, 3.8) is 0 Å². The van der Waals surface area contributed by atoms with Crippen molar-refractivity contribution >= 4 is 46.4 Å². The van der Waals surface area contributed by atoms with Crippen molar-refractivity contribution in [2.75, 3.05) is 12.3 Å². The van der Waals surface area contributed by atoms with E-state index in [9.17, 15) is 9.59 Å². The zero-order valence-corrected chi connectivity index (χ0v) is 16.5. The number of carbonyl (C=O) groups excluding carboxylic acids is 1. The van der Waals surface area contributed by atoms with Crippen LogP contribution in [0, 0.1) is 0 Å². The minimum atomic E-state index is -0.0729. The molecule has 25 heavy (non-hydrogen) atoms. The number of nitrogens with two attached hydrogens (primary N) is 1. The van der Waals surface area contributed by atoms with E-state index in [1.54, 1.807) is 12.3 Å². The molecule has 2 atom stereocenters. The van der Waals surface area contributed by atoms with E-state index in [2.05, 4.69) is 4.98 Å². The highest BCUT2D eigenvalue weighted by Crippen LogP contribution is 2.21. The zero-order chi connectivity index (χ0) is 17.1. The number of rotatable bonds is 5. The number of thiazole rings is 1. The fourth-order valence-corrected chi connectivity index (χ4v) is 4.64. The first-order valence-corrected chi connectivity index (χ1v) is 10.2. The Bertz CT molecular complexity index is 777. The van der Waals surface area contributed by atoms with E-state index < -0.39 is 0 Å². The summed E-state index contributed by atoms with van der Waals surface area (Å²) < 4.78 is 1.53. The van der Waals surface area contributed by atoms with Crippen molar-refractivity contribution in [1.29, 1.82) is 0 Å². The van der Waals surface area contributed by atoms with E-state index in [0.29, 0.717) is 16.5 Å². The number of aromatic nitrogens is 2. The summed E-state index contributed by atoms with van der Waals surface area (Å²) >= 11 is 2.94. The summed E-state index contributed by atoms with van der Waals surface area (Å²) in [5.74, 6) is 1.09. The number of likely N-dealkylation sites (tertiary alicyclic amines) is 1. The maximum atomic E-state index is 12.5. The van der Waals surface area contributed by atoms with E-state index in [1.807, 2.05) is 17.2 Å². The molecule has 2 N–H and O–H groups in total. The lowest BCUT2D eigenvalue weighted by Gasteiger charge is -2.38. The van der Waals surface area contributed by atoms with Crippen LogP contribution in [-0.2, 0) is 10.5 Å². The van der Waals surface area contributed by atoms with Gasteiger partial charge in [0.2, 0.25) is 5.91 Å². The Morgan fingerprint density at radius 2 is 2.32 bits per heavy atom. The van der Waals surface area contributed by atoms with Gasteiger partial charge in [-0.1, -0.05) is 0 Å². The van der Waals surface area contributed by atoms with Gasteiger partial charge < -0.3 is 10.6 Å². The maximum absolute atomic E-state index is 12.5. The molecule has 2 aromatic rings. The van der Waals surface area contributed by atoms with Gasteiger partial charge in [-0.05, 0) is 26.2 Å². The first kappa shape index (κ1) is 20.2. The second-order valence-electron chi connectivity index (χ2n) is 6.14. The van der Waals surface area contributed by atoms with Crippen molar-refractivity contribution in [3.8, 4) is 0 Å². The number of fused-ring (bicyclic) bond motifs is 1. The summed E-state index contributed by atoms with van der Waals surface area (Å²) in [5.41, 5.74) is 6.68. The SMILES string of the molecule is CC(N)C1CCCCN1C(=O)CSCc1cc(=O)n2ccsc2n1.Cl. The Morgan fingerprint density at radius 1 is 1.52 bits per heavy atom. The molecule has 3 heterocycles. The van der Waals surface area contributed by atoms with E-state index in [0.717, 1.165) is 31.5 Å². The fraction of sp³-hybridized carbons (Fsp3) is 0.562. The van der Waals surface area contributed by atoms with Crippen molar-refractivity contribution in [2.45, 2.75) is 44.0 Å². The number of piperidine rings is 1. The Hall–Kier alpha value is -1.09. The molecule has 2 aromatic heterocycles. The molecule has 1 saturated heterocycles. The molecule has 0 aliphatic carbocycles. The summed E-state index contributed by atoms with van der Waals surface area (Å²) in [4.78, 5) is 31.6. The summed E-state index contributed by atoms with van der Waals surface area (Å²) in [7, 11) is 0. The lowest BCUT2D eigenvalue weighted by Crippen LogP contribution is -2.52. The molecule has 1 aliphatic heterocycles. The molecule has 0 spiro atoms. The average molecular weight is 403 g/mol. The van der Waals surface area contributed by atoms with Crippen LogP contribution in [0.15, 0.2) is 22.4 Å². The third kappa shape index (κ3) is 4.75. The topological polar surface area (TPSA) is 80.7 Å². The fourth-order valence-electron chi connectivity index (χ4n) is 3.10. The van der Waals surface area contributed by atoms with Gasteiger partial charge in [-0.3, -0.25) is 14.0 Å². The van der Waals surface area contributed by atoms with Crippen molar-refractivity contribution in [2.24, 2.45) is 5.73 Å². The summed E-state index contributed by atoms with van der Waals surface area (Å²) in [5, 5.41) is 1.84. The van der Waals surface area contributed by atoms with Gasteiger partial charge >= 0.3 is 0 Å². The average Bonchev–Trinajstić information content (AvgIpc) is 3.04. The molecule has 1 fully saturated rings.